The number of aromatic amines is 1. The van der Waals surface area contributed by atoms with Gasteiger partial charge in [0.2, 0.25) is 0 Å². The van der Waals surface area contributed by atoms with Crippen LogP contribution in [0.5, 0.6) is 0 Å². The summed E-state index contributed by atoms with van der Waals surface area (Å²) in [6, 6.07) is 3.53. The van der Waals surface area contributed by atoms with Crippen molar-refractivity contribution in [2.24, 2.45) is 5.92 Å². The summed E-state index contributed by atoms with van der Waals surface area (Å²) in [5.74, 6) is 0.117. The Morgan fingerprint density at radius 2 is 2.41 bits per heavy atom. The van der Waals surface area contributed by atoms with Gasteiger partial charge in [-0.2, -0.15) is 0 Å². The molecule has 17 heavy (non-hydrogen) atoms. The monoisotopic (exact) mass is 238 g/mol. The normalized spacial score (nSPS) is 16.8. The zero-order valence-electron chi connectivity index (χ0n) is 9.90. The number of hydrogen-bond acceptors (Lipinski definition) is 4. The lowest BCUT2D eigenvalue weighted by molar-refractivity contribution is 0.0594. The number of aliphatic hydroxyl groups excluding tert-OH is 1. The van der Waals surface area contributed by atoms with Crippen LogP contribution in [-0.2, 0) is 11.3 Å². The van der Waals surface area contributed by atoms with Gasteiger partial charge < -0.3 is 20.1 Å². The Morgan fingerprint density at radius 1 is 1.65 bits per heavy atom. The van der Waals surface area contributed by atoms with Crippen LogP contribution in [0.3, 0.4) is 0 Å². The van der Waals surface area contributed by atoms with E-state index in [-0.39, 0.29) is 12.1 Å². The number of hydrogen-bond donors (Lipinski definition) is 3. The molecule has 0 bridgehead atoms. The summed E-state index contributed by atoms with van der Waals surface area (Å²) in [5.41, 5.74) is 1.36. The second kappa shape index (κ2) is 5.33. The fourth-order valence-electron chi connectivity index (χ4n) is 1.77. The number of ether oxygens (including phenoxy) is 1. The lowest BCUT2D eigenvalue weighted by atomic mass is 10.2. The Hall–Kier alpha value is -1.33. The molecule has 0 aromatic carbocycles. The fraction of sp³-hybridized carbons (Fsp3) is 0.583. The predicted octanol–water partition coefficient (Wildman–Crippen LogP) is 0.662. The molecule has 0 radical (unpaired) electrons. The molecule has 0 amide bonds. The number of esters is 1. The summed E-state index contributed by atoms with van der Waals surface area (Å²) in [7, 11) is 1.35. The molecule has 1 unspecified atom stereocenters. The van der Waals surface area contributed by atoms with Crippen molar-refractivity contribution in [3.8, 4) is 0 Å². The summed E-state index contributed by atoms with van der Waals surface area (Å²) < 4.78 is 4.60. The van der Waals surface area contributed by atoms with Gasteiger partial charge in [0.1, 0.15) is 5.69 Å². The number of methoxy groups -OCH3 is 1. The highest BCUT2D eigenvalue weighted by Gasteiger charge is 2.29. The SMILES string of the molecule is COC(=O)c1ccc(CNCC(O)C2CC2)[nH]1. The molecule has 0 spiro atoms. The van der Waals surface area contributed by atoms with Gasteiger partial charge in [0.25, 0.3) is 0 Å². The second-order valence-corrected chi connectivity index (χ2v) is 4.42. The zero-order valence-corrected chi connectivity index (χ0v) is 9.90. The maximum Gasteiger partial charge on any atom is 0.354 e. The zero-order chi connectivity index (χ0) is 12.3. The minimum atomic E-state index is -0.366. The van der Waals surface area contributed by atoms with E-state index >= 15 is 0 Å². The molecule has 0 aliphatic heterocycles. The first kappa shape index (κ1) is 12.1. The van der Waals surface area contributed by atoms with Crippen molar-refractivity contribution in [3.05, 3.63) is 23.5 Å². The maximum absolute atomic E-state index is 11.2. The Bertz CT molecular complexity index is 385. The van der Waals surface area contributed by atoms with E-state index in [1.54, 1.807) is 6.07 Å². The highest BCUT2D eigenvalue weighted by molar-refractivity contribution is 5.87. The van der Waals surface area contributed by atoms with E-state index < -0.39 is 0 Å². The standard InChI is InChI=1S/C12H18N2O3/c1-17-12(16)10-5-4-9(14-10)6-13-7-11(15)8-2-3-8/h4-5,8,11,13-15H,2-3,6-7H2,1H3. The Kier molecular flexibility index (Phi) is 3.81. The van der Waals surface area contributed by atoms with E-state index in [1.807, 2.05) is 6.07 Å². The number of H-pyrrole nitrogens is 1. The van der Waals surface area contributed by atoms with Crippen molar-refractivity contribution in [2.45, 2.75) is 25.5 Å². The third-order valence-corrected chi connectivity index (χ3v) is 2.99. The summed E-state index contributed by atoms with van der Waals surface area (Å²) in [5, 5.41) is 12.8. The van der Waals surface area contributed by atoms with Crippen LogP contribution in [-0.4, -0.2) is 35.8 Å². The van der Waals surface area contributed by atoms with Crippen LogP contribution in [0.4, 0.5) is 0 Å². The highest BCUT2D eigenvalue weighted by Crippen LogP contribution is 2.32. The molecule has 94 valence electrons. The molecule has 1 aromatic rings. The van der Waals surface area contributed by atoms with Crippen LogP contribution in [0.25, 0.3) is 0 Å². The average Bonchev–Trinajstić information content (AvgIpc) is 3.08. The van der Waals surface area contributed by atoms with E-state index in [4.69, 9.17) is 0 Å². The molecule has 2 rings (SSSR count). The molecule has 1 fully saturated rings. The van der Waals surface area contributed by atoms with Crippen molar-refractivity contribution in [1.82, 2.24) is 10.3 Å². The molecule has 1 aromatic heterocycles. The smallest absolute Gasteiger partial charge is 0.354 e. The van der Waals surface area contributed by atoms with E-state index in [0.717, 1.165) is 18.5 Å². The van der Waals surface area contributed by atoms with Crippen molar-refractivity contribution < 1.29 is 14.6 Å². The quantitative estimate of drug-likeness (QED) is 0.637. The van der Waals surface area contributed by atoms with Crippen LogP contribution < -0.4 is 5.32 Å². The first-order chi connectivity index (χ1) is 8.20. The first-order valence-electron chi connectivity index (χ1n) is 5.85. The number of aromatic nitrogens is 1. The molecule has 1 heterocycles. The van der Waals surface area contributed by atoms with E-state index in [0.29, 0.717) is 24.7 Å². The van der Waals surface area contributed by atoms with Gasteiger partial charge in [-0.1, -0.05) is 0 Å². The topological polar surface area (TPSA) is 74.3 Å². The molecule has 1 saturated carbocycles. The molecule has 5 heteroatoms. The van der Waals surface area contributed by atoms with Gasteiger partial charge in [0.05, 0.1) is 13.2 Å². The molecule has 1 aliphatic rings. The van der Waals surface area contributed by atoms with Gasteiger partial charge in [-0.3, -0.25) is 0 Å². The van der Waals surface area contributed by atoms with Crippen LogP contribution >= 0.6 is 0 Å². The lowest BCUT2D eigenvalue weighted by Gasteiger charge is -2.09. The average molecular weight is 238 g/mol. The van der Waals surface area contributed by atoms with Crippen molar-refractivity contribution in [2.75, 3.05) is 13.7 Å². The summed E-state index contributed by atoms with van der Waals surface area (Å²) in [6.07, 6.45) is 2.03. The number of carbonyl (C=O) groups is 1. The Balaban J connectivity index is 1.74. The minimum absolute atomic E-state index is 0.245. The van der Waals surface area contributed by atoms with Crippen LogP contribution in [0.15, 0.2) is 12.1 Å². The Labute approximate surface area is 100 Å². The number of rotatable bonds is 6. The van der Waals surface area contributed by atoms with Gasteiger partial charge in [-0.15, -0.1) is 0 Å². The summed E-state index contributed by atoms with van der Waals surface area (Å²) >= 11 is 0. The van der Waals surface area contributed by atoms with Gasteiger partial charge in [0.15, 0.2) is 0 Å². The van der Waals surface area contributed by atoms with Crippen molar-refractivity contribution in [3.63, 3.8) is 0 Å². The van der Waals surface area contributed by atoms with Crippen molar-refractivity contribution >= 4 is 5.97 Å². The number of nitrogens with one attached hydrogen (secondary N) is 2. The Morgan fingerprint density at radius 3 is 3.06 bits per heavy atom. The third-order valence-electron chi connectivity index (χ3n) is 2.99. The van der Waals surface area contributed by atoms with Crippen LogP contribution in [0.2, 0.25) is 0 Å². The molecule has 1 aliphatic carbocycles. The van der Waals surface area contributed by atoms with Gasteiger partial charge >= 0.3 is 5.97 Å². The highest BCUT2D eigenvalue weighted by atomic mass is 16.5. The minimum Gasteiger partial charge on any atom is -0.464 e. The van der Waals surface area contributed by atoms with Gasteiger partial charge in [0, 0.05) is 18.8 Å². The number of aliphatic hydroxyl groups is 1. The maximum atomic E-state index is 11.2. The fourth-order valence-corrected chi connectivity index (χ4v) is 1.77. The van der Waals surface area contributed by atoms with E-state index in [2.05, 4.69) is 15.0 Å². The second-order valence-electron chi connectivity index (χ2n) is 4.42. The lowest BCUT2D eigenvalue weighted by Crippen LogP contribution is -2.27. The predicted molar refractivity (Wildman–Crippen MR) is 62.6 cm³/mol. The van der Waals surface area contributed by atoms with E-state index in [1.165, 1.54) is 7.11 Å². The largest absolute Gasteiger partial charge is 0.464 e. The molecule has 5 nitrogen and oxygen atoms in total. The van der Waals surface area contributed by atoms with Crippen LogP contribution in [0, 0.1) is 5.92 Å². The molecule has 3 N–H and O–H groups in total. The van der Waals surface area contributed by atoms with Gasteiger partial charge in [-0.25, -0.2) is 4.79 Å². The van der Waals surface area contributed by atoms with Crippen molar-refractivity contribution in [1.29, 1.82) is 0 Å². The third kappa shape index (κ3) is 3.31. The molecular weight excluding hydrogens is 220 g/mol. The van der Waals surface area contributed by atoms with E-state index in [9.17, 15) is 9.90 Å². The summed E-state index contributed by atoms with van der Waals surface area (Å²) in [4.78, 5) is 14.2. The molecule has 0 saturated heterocycles. The first-order valence-corrected chi connectivity index (χ1v) is 5.85. The molecular formula is C12H18N2O3. The van der Waals surface area contributed by atoms with Crippen LogP contribution in [0.1, 0.15) is 29.0 Å². The summed E-state index contributed by atoms with van der Waals surface area (Å²) in [6.45, 7) is 1.21. The molecule has 1 atom stereocenters. The van der Waals surface area contributed by atoms with Gasteiger partial charge in [-0.05, 0) is 30.9 Å². The number of carbonyl (C=O) groups excluding carboxylic acids is 1.